The molecule has 1 unspecified atom stereocenters. The van der Waals surface area contributed by atoms with Crippen LogP contribution in [0.2, 0.25) is 4.34 Å². The molecule has 2 aromatic rings. The van der Waals surface area contributed by atoms with E-state index in [-0.39, 0.29) is 0 Å². The summed E-state index contributed by atoms with van der Waals surface area (Å²) in [4.78, 5) is 6.28. The first-order valence-corrected chi connectivity index (χ1v) is 7.39. The second kappa shape index (κ2) is 5.35. The van der Waals surface area contributed by atoms with Crippen LogP contribution in [0.25, 0.3) is 0 Å². The summed E-state index contributed by atoms with van der Waals surface area (Å²) in [7, 11) is 1.61. The normalized spacial score (nSPS) is 19.7. The maximum Gasteiger partial charge on any atom is 0.106 e. The average molecular weight is 292 g/mol. The number of benzene rings is 1. The van der Waals surface area contributed by atoms with Gasteiger partial charge in [0.15, 0.2) is 0 Å². The van der Waals surface area contributed by atoms with Crippen molar-refractivity contribution in [3.05, 3.63) is 56.7 Å². The van der Waals surface area contributed by atoms with Gasteiger partial charge in [0.2, 0.25) is 0 Å². The van der Waals surface area contributed by atoms with Gasteiger partial charge in [-0.2, -0.15) is 0 Å². The van der Waals surface area contributed by atoms with Crippen molar-refractivity contribution in [3.63, 3.8) is 0 Å². The fraction of sp³-hybridized carbons (Fsp3) is 0.267. The van der Waals surface area contributed by atoms with Crippen molar-refractivity contribution in [2.75, 3.05) is 7.11 Å². The minimum Gasteiger partial charge on any atom is -0.399 e. The highest BCUT2D eigenvalue weighted by atomic mass is 35.5. The molecular weight excluding hydrogens is 278 g/mol. The lowest BCUT2D eigenvalue weighted by molar-refractivity contribution is 0.211. The quantitative estimate of drug-likeness (QED) is 0.773. The number of hydrogen-bond acceptors (Lipinski definition) is 3. The van der Waals surface area contributed by atoms with E-state index in [1.807, 2.05) is 6.07 Å². The van der Waals surface area contributed by atoms with Crippen LogP contribution in [-0.4, -0.2) is 12.8 Å². The lowest BCUT2D eigenvalue weighted by atomic mass is 9.96. The highest BCUT2D eigenvalue weighted by Gasteiger charge is 2.29. The van der Waals surface area contributed by atoms with Crippen LogP contribution in [0, 0.1) is 0 Å². The highest BCUT2D eigenvalue weighted by Crippen LogP contribution is 2.35. The summed E-state index contributed by atoms with van der Waals surface area (Å²) in [6.45, 7) is 0. The zero-order valence-corrected chi connectivity index (χ0v) is 12.2. The van der Waals surface area contributed by atoms with Gasteiger partial charge in [-0.05, 0) is 29.7 Å². The molecule has 0 saturated carbocycles. The van der Waals surface area contributed by atoms with E-state index in [2.05, 4.69) is 35.5 Å². The van der Waals surface area contributed by atoms with Crippen LogP contribution >= 0.6 is 22.9 Å². The average Bonchev–Trinajstić information content (AvgIpc) is 2.96. The van der Waals surface area contributed by atoms with Crippen molar-refractivity contribution in [2.45, 2.75) is 18.8 Å². The molecule has 4 heteroatoms. The molecule has 1 aliphatic carbocycles. The van der Waals surface area contributed by atoms with Gasteiger partial charge < -0.3 is 4.84 Å². The summed E-state index contributed by atoms with van der Waals surface area (Å²) >= 11 is 7.65. The molecule has 1 aromatic heterocycles. The molecule has 0 radical (unpaired) electrons. The van der Waals surface area contributed by atoms with Crippen molar-refractivity contribution in [1.29, 1.82) is 0 Å². The largest absolute Gasteiger partial charge is 0.399 e. The van der Waals surface area contributed by atoms with Gasteiger partial charge >= 0.3 is 0 Å². The molecule has 0 N–H and O–H groups in total. The lowest BCUT2D eigenvalue weighted by Crippen LogP contribution is -2.09. The van der Waals surface area contributed by atoms with Gasteiger partial charge in [-0.15, -0.1) is 11.3 Å². The molecule has 0 aliphatic heterocycles. The molecule has 0 amide bonds. The monoisotopic (exact) mass is 291 g/mol. The summed E-state index contributed by atoms with van der Waals surface area (Å²) in [5.74, 6) is 0.311. The number of hydrogen-bond donors (Lipinski definition) is 0. The number of fused-ring (bicyclic) bond motifs is 1. The second-order valence-electron chi connectivity index (χ2n) is 4.60. The van der Waals surface area contributed by atoms with Crippen LogP contribution in [-0.2, 0) is 17.7 Å². The Bertz CT molecular complexity index is 620. The summed E-state index contributed by atoms with van der Waals surface area (Å²) in [5, 5.41) is 4.21. The molecule has 0 spiro atoms. The SMILES string of the molecule is CO/N=C1\Cc2ccccc2C1Cc1ccc(Cl)s1. The zero-order valence-electron chi connectivity index (χ0n) is 10.6. The molecule has 1 heterocycles. The van der Waals surface area contributed by atoms with Gasteiger partial charge in [-0.25, -0.2) is 0 Å². The van der Waals surface area contributed by atoms with E-state index < -0.39 is 0 Å². The smallest absolute Gasteiger partial charge is 0.106 e. The van der Waals surface area contributed by atoms with Gasteiger partial charge in [-0.1, -0.05) is 41.0 Å². The predicted octanol–water partition coefficient (Wildman–Crippen LogP) is 4.29. The second-order valence-corrected chi connectivity index (χ2v) is 6.40. The summed E-state index contributed by atoms with van der Waals surface area (Å²) in [6.07, 6.45) is 1.82. The Labute approximate surface area is 121 Å². The van der Waals surface area contributed by atoms with Crippen LogP contribution in [0.3, 0.4) is 0 Å². The Hall–Kier alpha value is -1.32. The number of nitrogens with zero attached hydrogens (tertiary/aromatic N) is 1. The Morgan fingerprint density at radius 3 is 2.89 bits per heavy atom. The summed E-state index contributed by atoms with van der Waals surface area (Å²) < 4.78 is 0.839. The van der Waals surface area contributed by atoms with Crippen molar-refractivity contribution in [3.8, 4) is 0 Å². The minimum atomic E-state index is 0.311. The standard InChI is InChI=1S/C15H14ClNOS/c1-18-17-14-8-10-4-2-3-5-12(10)13(14)9-11-6-7-15(16)19-11/h2-7,13H,8-9H2,1H3/b17-14+. The molecule has 3 rings (SSSR count). The molecular formula is C15H14ClNOS. The van der Waals surface area contributed by atoms with Crippen LogP contribution in [0.5, 0.6) is 0 Å². The maximum atomic E-state index is 6.01. The lowest BCUT2D eigenvalue weighted by Gasteiger charge is -2.11. The first-order chi connectivity index (χ1) is 9.28. The Morgan fingerprint density at radius 2 is 2.16 bits per heavy atom. The van der Waals surface area contributed by atoms with Gasteiger partial charge in [0.05, 0.1) is 10.0 Å². The first kappa shape index (κ1) is 12.7. The van der Waals surface area contributed by atoms with Gasteiger partial charge in [0, 0.05) is 17.2 Å². The van der Waals surface area contributed by atoms with E-state index in [0.717, 1.165) is 22.9 Å². The van der Waals surface area contributed by atoms with E-state index in [0.29, 0.717) is 5.92 Å². The third-order valence-electron chi connectivity index (χ3n) is 3.45. The van der Waals surface area contributed by atoms with Crippen molar-refractivity contribution < 1.29 is 4.84 Å². The fourth-order valence-electron chi connectivity index (χ4n) is 2.64. The Morgan fingerprint density at radius 1 is 1.32 bits per heavy atom. The van der Waals surface area contributed by atoms with E-state index in [9.17, 15) is 0 Å². The molecule has 0 fully saturated rings. The minimum absolute atomic E-state index is 0.311. The van der Waals surface area contributed by atoms with Gasteiger partial charge in [0.25, 0.3) is 0 Å². The summed E-state index contributed by atoms with van der Waals surface area (Å²) in [6, 6.07) is 12.6. The zero-order chi connectivity index (χ0) is 13.2. The topological polar surface area (TPSA) is 21.6 Å². The number of rotatable bonds is 3. The van der Waals surface area contributed by atoms with Crippen LogP contribution in [0.15, 0.2) is 41.6 Å². The Kier molecular flexibility index (Phi) is 3.58. The highest BCUT2D eigenvalue weighted by molar-refractivity contribution is 7.16. The molecule has 0 saturated heterocycles. The third kappa shape index (κ3) is 2.53. The predicted molar refractivity (Wildman–Crippen MR) is 80.4 cm³/mol. The third-order valence-corrected chi connectivity index (χ3v) is 4.70. The molecule has 19 heavy (non-hydrogen) atoms. The van der Waals surface area contributed by atoms with Gasteiger partial charge in [-0.3, -0.25) is 0 Å². The van der Waals surface area contributed by atoms with Crippen LogP contribution < -0.4 is 0 Å². The van der Waals surface area contributed by atoms with E-state index in [1.165, 1.54) is 16.0 Å². The van der Waals surface area contributed by atoms with Crippen LogP contribution in [0.4, 0.5) is 0 Å². The van der Waals surface area contributed by atoms with Crippen LogP contribution in [0.1, 0.15) is 21.9 Å². The fourth-order valence-corrected chi connectivity index (χ4v) is 3.77. The molecule has 1 aromatic carbocycles. The number of thiophene rings is 1. The van der Waals surface area contributed by atoms with E-state index >= 15 is 0 Å². The maximum absolute atomic E-state index is 6.01. The van der Waals surface area contributed by atoms with Crippen molar-refractivity contribution in [2.24, 2.45) is 5.16 Å². The first-order valence-electron chi connectivity index (χ1n) is 6.20. The summed E-state index contributed by atoms with van der Waals surface area (Å²) in [5.41, 5.74) is 3.82. The number of oxime groups is 1. The molecule has 2 nitrogen and oxygen atoms in total. The van der Waals surface area contributed by atoms with E-state index in [4.69, 9.17) is 16.4 Å². The van der Waals surface area contributed by atoms with E-state index in [1.54, 1.807) is 18.4 Å². The number of halogens is 1. The van der Waals surface area contributed by atoms with Crippen molar-refractivity contribution in [1.82, 2.24) is 0 Å². The van der Waals surface area contributed by atoms with Gasteiger partial charge in [0.1, 0.15) is 7.11 Å². The molecule has 98 valence electrons. The molecule has 1 aliphatic rings. The molecule has 1 atom stereocenters. The molecule has 0 bridgehead atoms. The Balaban J connectivity index is 1.94. The van der Waals surface area contributed by atoms with Crippen molar-refractivity contribution >= 4 is 28.6 Å².